The highest BCUT2D eigenvalue weighted by Crippen LogP contribution is 2.30. The Morgan fingerprint density at radius 2 is 1.57 bits per heavy atom. The van der Waals surface area contributed by atoms with Gasteiger partial charge in [0, 0.05) is 12.6 Å². The zero-order valence-corrected chi connectivity index (χ0v) is 15.2. The first-order valence-electron chi connectivity index (χ1n) is 8.59. The molecule has 1 aromatic carbocycles. The Bertz CT molecular complexity index is 397. The Kier molecular flexibility index (Phi) is 6.93. The van der Waals surface area contributed by atoms with Gasteiger partial charge >= 0.3 is 0 Å². The third-order valence-corrected chi connectivity index (χ3v) is 4.38. The molecule has 0 bridgehead atoms. The zero-order chi connectivity index (χ0) is 16.0. The molecule has 21 heavy (non-hydrogen) atoms. The molecule has 0 spiro atoms. The summed E-state index contributed by atoms with van der Waals surface area (Å²) in [7, 11) is 0. The molecule has 0 amide bonds. The van der Waals surface area contributed by atoms with E-state index in [0.717, 1.165) is 12.5 Å². The molecule has 0 aliphatic heterocycles. The summed E-state index contributed by atoms with van der Waals surface area (Å²) in [5.74, 6) is 1.34. The maximum absolute atomic E-state index is 3.63. The van der Waals surface area contributed by atoms with Crippen molar-refractivity contribution >= 4 is 0 Å². The first kappa shape index (κ1) is 18.2. The molecule has 2 unspecified atom stereocenters. The standard InChI is InChI=1S/C20H35N/c1-8-9-16(4)19(14-21-15(2)3)17-10-12-18(13-11-17)20(5,6)7/h10-13,15-16,19,21H,8-9,14H2,1-7H3. The second kappa shape index (κ2) is 7.98. The number of rotatable bonds is 7. The van der Waals surface area contributed by atoms with E-state index in [1.54, 1.807) is 0 Å². The van der Waals surface area contributed by atoms with Gasteiger partial charge in [-0.25, -0.2) is 0 Å². The van der Waals surface area contributed by atoms with Crippen molar-refractivity contribution in [2.75, 3.05) is 6.54 Å². The largest absolute Gasteiger partial charge is 0.314 e. The van der Waals surface area contributed by atoms with Crippen molar-refractivity contribution in [3.05, 3.63) is 35.4 Å². The Balaban J connectivity index is 2.91. The molecule has 120 valence electrons. The lowest BCUT2D eigenvalue weighted by Crippen LogP contribution is -2.30. The predicted molar refractivity (Wildman–Crippen MR) is 95.1 cm³/mol. The first-order chi connectivity index (χ1) is 9.75. The second-order valence-electron chi connectivity index (χ2n) is 7.81. The average Bonchev–Trinajstić information content (AvgIpc) is 2.38. The highest BCUT2D eigenvalue weighted by Gasteiger charge is 2.20. The molecular formula is C20H35N. The van der Waals surface area contributed by atoms with Crippen LogP contribution < -0.4 is 5.32 Å². The van der Waals surface area contributed by atoms with E-state index in [2.05, 4.69) is 78.0 Å². The van der Waals surface area contributed by atoms with Crippen molar-refractivity contribution in [1.29, 1.82) is 0 Å². The smallest absolute Gasteiger partial charge is 0.00250 e. The van der Waals surface area contributed by atoms with Crippen LogP contribution in [-0.2, 0) is 5.41 Å². The van der Waals surface area contributed by atoms with E-state index >= 15 is 0 Å². The van der Waals surface area contributed by atoms with Crippen LogP contribution in [0.4, 0.5) is 0 Å². The summed E-state index contributed by atoms with van der Waals surface area (Å²) in [6, 6.07) is 9.88. The van der Waals surface area contributed by atoms with Crippen LogP contribution >= 0.6 is 0 Å². The third-order valence-electron chi connectivity index (χ3n) is 4.38. The van der Waals surface area contributed by atoms with Crippen LogP contribution in [0.3, 0.4) is 0 Å². The number of benzene rings is 1. The molecule has 0 saturated heterocycles. The van der Waals surface area contributed by atoms with Crippen molar-refractivity contribution in [2.24, 2.45) is 5.92 Å². The number of nitrogens with one attached hydrogen (secondary N) is 1. The molecule has 0 aliphatic carbocycles. The zero-order valence-electron chi connectivity index (χ0n) is 15.2. The number of hydrogen-bond donors (Lipinski definition) is 1. The summed E-state index contributed by atoms with van der Waals surface area (Å²) in [5, 5.41) is 3.63. The highest BCUT2D eigenvalue weighted by molar-refractivity contribution is 5.30. The second-order valence-corrected chi connectivity index (χ2v) is 7.81. The van der Waals surface area contributed by atoms with Gasteiger partial charge in [0.05, 0.1) is 0 Å². The van der Waals surface area contributed by atoms with Crippen LogP contribution in [0.15, 0.2) is 24.3 Å². The van der Waals surface area contributed by atoms with Crippen molar-refractivity contribution in [2.45, 2.75) is 78.7 Å². The number of hydrogen-bond acceptors (Lipinski definition) is 1. The molecule has 1 aromatic rings. The van der Waals surface area contributed by atoms with E-state index in [-0.39, 0.29) is 5.41 Å². The van der Waals surface area contributed by atoms with Crippen molar-refractivity contribution in [3.63, 3.8) is 0 Å². The lowest BCUT2D eigenvalue weighted by atomic mass is 9.81. The normalized spacial score (nSPS) is 15.2. The Morgan fingerprint density at radius 3 is 2.00 bits per heavy atom. The summed E-state index contributed by atoms with van der Waals surface area (Å²) in [6.07, 6.45) is 2.56. The molecule has 0 aliphatic rings. The van der Waals surface area contributed by atoms with Gasteiger partial charge in [-0.1, -0.05) is 85.6 Å². The summed E-state index contributed by atoms with van der Waals surface area (Å²) in [6.45, 7) is 17.0. The minimum Gasteiger partial charge on any atom is -0.314 e. The molecule has 0 saturated carbocycles. The summed E-state index contributed by atoms with van der Waals surface area (Å²) < 4.78 is 0. The van der Waals surface area contributed by atoms with Gasteiger partial charge in [-0.15, -0.1) is 0 Å². The molecule has 1 nitrogen and oxygen atoms in total. The van der Waals surface area contributed by atoms with Crippen LogP contribution in [0.1, 0.15) is 78.4 Å². The SMILES string of the molecule is CCCC(C)C(CNC(C)C)c1ccc(C(C)(C)C)cc1. The topological polar surface area (TPSA) is 12.0 Å². The molecule has 0 fully saturated rings. The predicted octanol–water partition coefficient (Wildman–Crippen LogP) is 5.50. The lowest BCUT2D eigenvalue weighted by Gasteiger charge is -2.27. The van der Waals surface area contributed by atoms with Gasteiger partial charge in [0.15, 0.2) is 0 Å². The lowest BCUT2D eigenvalue weighted by molar-refractivity contribution is 0.392. The van der Waals surface area contributed by atoms with Crippen LogP contribution in [0, 0.1) is 5.92 Å². The van der Waals surface area contributed by atoms with Gasteiger partial charge < -0.3 is 5.32 Å². The van der Waals surface area contributed by atoms with E-state index in [1.807, 2.05) is 0 Å². The van der Waals surface area contributed by atoms with Crippen molar-refractivity contribution in [3.8, 4) is 0 Å². The van der Waals surface area contributed by atoms with E-state index in [0.29, 0.717) is 12.0 Å². The van der Waals surface area contributed by atoms with Gasteiger partial charge in [-0.3, -0.25) is 0 Å². The fourth-order valence-corrected chi connectivity index (χ4v) is 2.90. The minimum absolute atomic E-state index is 0.235. The van der Waals surface area contributed by atoms with Crippen LogP contribution in [0.2, 0.25) is 0 Å². The molecule has 1 N–H and O–H groups in total. The van der Waals surface area contributed by atoms with E-state index in [1.165, 1.54) is 24.0 Å². The molecule has 1 heteroatoms. The maximum Gasteiger partial charge on any atom is 0.00250 e. The van der Waals surface area contributed by atoms with Gasteiger partial charge in [0.1, 0.15) is 0 Å². The van der Waals surface area contributed by atoms with E-state index in [9.17, 15) is 0 Å². The fraction of sp³-hybridized carbons (Fsp3) is 0.700. The van der Waals surface area contributed by atoms with Gasteiger partial charge in [-0.05, 0) is 28.4 Å². The minimum atomic E-state index is 0.235. The van der Waals surface area contributed by atoms with E-state index in [4.69, 9.17) is 0 Å². The molecular weight excluding hydrogens is 254 g/mol. The maximum atomic E-state index is 3.63. The summed E-state index contributed by atoms with van der Waals surface area (Å²) >= 11 is 0. The van der Waals surface area contributed by atoms with Gasteiger partial charge in [0.2, 0.25) is 0 Å². The van der Waals surface area contributed by atoms with Crippen LogP contribution in [0.25, 0.3) is 0 Å². The van der Waals surface area contributed by atoms with Crippen molar-refractivity contribution < 1.29 is 0 Å². The summed E-state index contributed by atoms with van der Waals surface area (Å²) in [4.78, 5) is 0. The van der Waals surface area contributed by atoms with E-state index < -0.39 is 0 Å². The molecule has 2 atom stereocenters. The van der Waals surface area contributed by atoms with Gasteiger partial charge in [-0.2, -0.15) is 0 Å². The molecule has 0 heterocycles. The van der Waals surface area contributed by atoms with Crippen LogP contribution in [-0.4, -0.2) is 12.6 Å². The summed E-state index contributed by atoms with van der Waals surface area (Å²) in [5.41, 5.74) is 3.14. The third kappa shape index (κ3) is 5.82. The Labute approximate surface area is 132 Å². The Morgan fingerprint density at radius 1 is 1.00 bits per heavy atom. The highest BCUT2D eigenvalue weighted by atomic mass is 14.9. The molecule has 1 rings (SSSR count). The molecule has 0 aromatic heterocycles. The first-order valence-corrected chi connectivity index (χ1v) is 8.59. The molecule has 0 radical (unpaired) electrons. The van der Waals surface area contributed by atoms with Crippen LogP contribution in [0.5, 0.6) is 0 Å². The monoisotopic (exact) mass is 289 g/mol. The Hall–Kier alpha value is -0.820. The average molecular weight is 290 g/mol. The van der Waals surface area contributed by atoms with Gasteiger partial charge in [0.25, 0.3) is 0 Å². The fourth-order valence-electron chi connectivity index (χ4n) is 2.90. The van der Waals surface area contributed by atoms with Crippen molar-refractivity contribution in [1.82, 2.24) is 5.32 Å². The quantitative estimate of drug-likeness (QED) is 0.698.